The van der Waals surface area contributed by atoms with E-state index in [4.69, 9.17) is 28.8 Å². The third-order valence-corrected chi connectivity index (χ3v) is 25.4. The van der Waals surface area contributed by atoms with Crippen LogP contribution in [-0.2, 0) is 0 Å². The molecule has 10 heteroatoms. The molecule has 6 aromatic heterocycles. The van der Waals surface area contributed by atoms with Crippen LogP contribution in [0.5, 0.6) is 0 Å². The van der Waals surface area contributed by atoms with Gasteiger partial charge in [-0.3, -0.25) is 0 Å². The Morgan fingerprint density at radius 1 is 0.255 bits per heavy atom. The molecule has 0 spiro atoms. The molecule has 17 aromatic carbocycles. The molecule has 0 N–H and O–H groups in total. The van der Waals surface area contributed by atoms with E-state index in [1.807, 2.05) is 24.3 Å². The minimum Gasteiger partial charge on any atom is -0.452 e. The van der Waals surface area contributed by atoms with Crippen LogP contribution in [0.4, 0.5) is 34.1 Å². The van der Waals surface area contributed by atoms with Gasteiger partial charge in [0.1, 0.15) is 33.6 Å². The van der Waals surface area contributed by atoms with Crippen molar-refractivity contribution in [1.82, 2.24) is 19.9 Å². The first kappa shape index (κ1) is 60.0. The number of fused-ring (bicyclic) bond motifs is 21. The molecule has 8 nitrogen and oxygen atoms in total. The third kappa shape index (κ3) is 8.59. The zero-order valence-corrected chi connectivity index (χ0v) is 60.1. The number of thiophene rings is 2. The molecular weight excluding hydrogens is 1380 g/mol. The Hall–Kier alpha value is -14.2. The molecule has 0 bridgehead atoms. The fourth-order valence-electron chi connectivity index (χ4n) is 18.2. The summed E-state index contributed by atoms with van der Waals surface area (Å²) in [6.45, 7) is 0. The molecule has 0 unspecified atom stereocenters. The van der Waals surface area contributed by atoms with Crippen molar-refractivity contribution in [1.29, 1.82) is 0 Å². The van der Waals surface area contributed by atoms with Gasteiger partial charge in [0.2, 0.25) is 0 Å². The molecule has 25 rings (SSSR count). The molecule has 8 heterocycles. The van der Waals surface area contributed by atoms with E-state index in [9.17, 15) is 0 Å². The molecule has 0 aliphatic carbocycles. The van der Waals surface area contributed by atoms with Crippen molar-refractivity contribution in [3.8, 4) is 78.7 Å². The van der Waals surface area contributed by atoms with Crippen molar-refractivity contribution in [2.24, 2.45) is 0 Å². The van der Waals surface area contributed by atoms with Crippen LogP contribution < -0.4 is 9.80 Å². The first-order valence-electron chi connectivity index (χ1n) is 37.1. The van der Waals surface area contributed by atoms with Crippen molar-refractivity contribution >= 4 is 195 Å². The summed E-state index contributed by atoms with van der Waals surface area (Å²) >= 11 is 3.61. The highest BCUT2D eigenvalue weighted by Crippen LogP contribution is 2.57. The van der Waals surface area contributed by atoms with Gasteiger partial charge in [-0.05, 0) is 157 Å². The van der Waals surface area contributed by atoms with Gasteiger partial charge < -0.3 is 18.6 Å². The molecule has 508 valence electrons. The molecule has 0 fully saturated rings. The van der Waals surface area contributed by atoms with Crippen molar-refractivity contribution < 1.29 is 8.83 Å². The van der Waals surface area contributed by atoms with Crippen LogP contribution in [-0.4, -0.2) is 19.9 Å². The zero-order chi connectivity index (χ0) is 71.6. The van der Waals surface area contributed by atoms with Crippen molar-refractivity contribution in [2.45, 2.75) is 0 Å². The number of furan rings is 2. The van der Waals surface area contributed by atoms with Gasteiger partial charge in [-0.25, -0.2) is 19.9 Å². The van der Waals surface area contributed by atoms with Gasteiger partial charge in [0, 0.05) is 106 Å². The summed E-state index contributed by atoms with van der Waals surface area (Å²) in [6, 6.07) is 119. The van der Waals surface area contributed by atoms with E-state index in [1.54, 1.807) is 22.7 Å². The average Bonchev–Trinajstić information content (AvgIpc) is 1.05. The second kappa shape index (κ2) is 22.7. The van der Waals surface area contributed by atoms with Gasteiger partial charge in [-0.1, -0.05) is 231 Å². The number of nitrogens with zero attached hydrogens (tertiary/aromatic N) is 6. The normalized spacial score (nSPS) is 12.7. The zero-order valence-electron chi connectivity index (χ0n) is 58.5. The molecule has 2 aliphatic heterocycles. The Morgan fingerprint density at radius 3 is 1.53 bits per heavy atom. The minimum atomic E-state index is 0.626. The smallest absolute Gasteiger partial charge is 0.180 e. The Balaban J connectivity index is 0.600. The van der Waals surface area contributed by atoms with Crippen molar-refractivity contribution in [3.63, 3.8) is 0 Å². The monoisotopic (exact) mass is 1430 g/mol. The summed E-state index contributed by atoms with van der Waals surface area (Å²) in [5.74, 6) is 1.27. The lowest BCUT2D eigenvalue weighted by molar-refractivity contribution is 0.667. The maximum Gasteiger partial charge on any atom is 0.180 e. The molecule has 23 aromatic rings. The fourth-order valence-corrected chi connectivity index (χ4v) is 20.6. The molecule has 0 amide bonds. The highest BCUT2D eigenvalue weighted by atomic mass is 32.1. The predicted octanol–water partition coefficient (Wildman–Crippen LogP) is 28.8. The van der Waals surface area contributed by atoms with Crippen molar-refractivity contribution in [2.75, 3.05) is 9.80 Å². The molecule has 0 saturated heterocycles. The molecule has 110 heavy (non-hydrogen) atoms. The molecular formula is C100H54N6O2S2. The fraction of sp³-hybridized carbons (Fsp3) is 0. The quantitative estimate of drug-likeness (QED) is 0.156. The van der Waals surface area contributed by atoms with Crippen LogP contribution in [0.25, 0.3) is 217 Å². The van der Waals surface area contributed by atoms with Gasteiger partial charge in [0.05, 0.1) is 28.4 Å². The molecule has 0 radical (unpaired) electrons. The van der Waals surface area contributed by atoms with Crippen LogP contribution >= 0.6 is 22.7 Å². The summed E-state index contributed by atoms with van der Waals surface area (Å²) in [4.78, 5) is 26.9. The van der Waals surface area contributed by atoms with Crippen LogP contribution in [0.3, 0.4) is 0 Å². The van der Waals surface area contributed by atoms with Crippen LogP contribution in [0.1, 0.15) is 0 Å². The second-order valence-electron chi connectivity index (χ2n) is 29.0. The maximum absolute atomic E-state index is 6.87. The van der Waals surface area contributed by atoms with E-state index in [-0.39, 0.29) is 0 Å². The topological polar surface area (TPSA) is 84.3 Å². The highest BCUT2D eigenvalue weighted by molar-refractivity contribution is 7.26. The number of benzene rings is 17. The molecule has 0 atom stereocenters. The lowest BCUT2D eigenvalue weighted by Crippen LogP contribution is -2.15. The standard InChI is InChI=1S/C100H54N6O2S2/c1-2-24-64-55(17-1)42-48-81-90(64)75-31-12-18-56-20-14-34-79(88(56)75)105(81)63-23-11-22-62(52-63)99-102-94-74-29-6-9-37-84(74)108-97(94)95(103-99)77-33-16-30-71-70-45-40-59(53-87(70)110-98(71)77)58-39-44-65-60(51-58)43-49-82-91(65)76-32-13-19-57-21-15-35-80(89(57)76)106(82)78-50-47-72(66-25-3-4-26-67(66)78)100-101-92(96-93(104-100)73-28-5-8-36-83(73)107-96)61-41-46-69-68-27-7-10-38-85(68)109-86(69)54-61/h1-54H. The minimum absolute atomic E-state index is 0.626. The SMILES string of the molecule is c1cc(-c2nc(-c3cccc4c3sc3cc(-c5ccc6c7c(ccc6c5)N(c5ccc(-c6nc(-c8ccc9c(c8)sc8ccccc89)c8oc9ccccc9c8n6)c6ccccc56)c5cccc6cccc-7c56)ccc34)c3oc4ccccc4c3n2)cc(N2c3ccc4ccccc4c3-c3cccc4cccc2c34)c1. The highest BCUT2D eigenvalue weighted by Gasteiger charge is 2.32. The number of rotatable bonds is 7. The summed E-state index contributed by atoms with van der Waals surface area (Å²) in [7, 11) is 0. The third-order valence-electron chi connectivity index (χ3n) is 23.1. The first-order valence-corrected chi connectivity index (χ1v) is 38.8. The number of aromatic nitrogens is 4. The van der Waals surface area contributed by atoms with Crippen molar-refractivity contribution in [3.05, 3.63) is 328 Å². The van der Waals surface area contributed by atoms with E-state index in [0.717, 1.165) is 133 Å². The summed E-state index contributed by atoms with van der Waals surface area (Å²) in [6.07, 6.45) is 0. The Morgan fingerprint density at radius 2 is 0.764 bits per heavy atom. The Labute approximate surface area is 635 Å². The summed E-state index contributed by atoms with van der Waals surface area (Å²) in [5, 5.41) is 18.5. The maximum atomic E-state index is 6.87. The van der Waals surface area contributed by atoms with Gasteiger partial charge in [0.25, 0.3) is 0 Å². The average molecular weight is 1440 g/mol. The van der Waals surface area contributed by atoms with Gasteiger partial charge in [-0.15, -0.1) is 22.7 Å². The first-order chi connectivity index (χ1) is 54.5. The number of para-hydroxylation sites is 2. The van der Waals surface area contributed by atoms with E-state index in [2.05, 4.69) is 313 Å². The van der Waals surface area contributed by atoms with E-state index in [1.165, 1.54) is 95.6 Å². The number of hydrogen-bond donors (Lipinski definition) is 0. The summed E-state index contributed by atoms with van der Waals surface area (Å²) in [5.41, 5.74) is 23.6. The van der Waals surface area contributed by atoms with E-state index >= 15 is 0 Å². The molecule has 2 aliphatic rings. The predicted molar refractivity (Wildman–Crippen MR) is 460 cm³/mol. The van der Waals surface area contributed by atoms with Gasteiger partial charge in [0.15, 0.2) is 22.8 Å². The van der Waals surface area contributed by atoms with Gasteiger partial charge in [-0.2, -0.15) is 0 Å². The Kier molecular flexibility index (Phi) is 12.4. The van der Waals surface area contributed by atoms with Crippen LogP contribution in [0.15, 0.2) is 336 Å². The van der Waals surface area contributed by atoms with Crippen LogP contribution in [0.2, 0.25) is 0 Å². The summed E-state index contributed by atoms with van der Waals surface area (Å²) < 4.78 is 18.4. The lowest BCUT2D eigenvalue weighted by atomic mass is 9.86. The largest absolute Gasteiger partial charge is 0.452 e. The number of anilines is 6. The van der Waals surface area contributed by atoms with Crippen LogP contribution in [0, 0.1) is 0 Å². The molecule has 0 saturated carbocycles. The number of hydrogen-bond acceptors (Lipinski definition) is 10. The van der Waals surface area contributed by atoms with E-state index < -0.39 is 0 Å². The Bertz CT molecular complexity index is 8030. The second-order valence-corrected chi connectivity index (χ2v) is 31.1. The lowest BCUT2D eigenvalue weighted by Gasteiger charge is -2.35. The van der Waals surface area contributed by atoms with Gasteiger partial charge >= 0.3 is 0 Å². The van der Waals surface area contributed by atoms with E-state index in [0.29, 0.717) is 22.8 Å².